The average molecular weight is 461 g/mol. The minimum absolute atomic E-state index is 0.234. The zero-order valence-corrected chi connectivity index (χ0v) is 22.5. The van der Waals surface area contributed by atoms with Crippen molar-refractivity contribution in [3.8, 4) is 0 Å². The molecule has 190 valence electrons. The monoisotopic (exact) mass is 460 g/mol. The molecule has 33 heavy (non-hydrogen) atoms. The zero-order valence-electron chi connectivity index (χ0n) is 22.5. The average Bonchev–Trinajstić information content (AvgIpc) is 3.34. The highest BCUT2D eigenvalue weighted by molar-refractivity contribution is 5.14. The molecule has 9 atom stereocenters. The predicted molar refractivity (Wildman–Crippen MR) is 134 cm³/mol. The summed E-state index contributed by atoms with van der Waals surface area (Å²) in [5.74, 6) is 4.98. The smallest absolute Gasteiger partial charge is 0.197 e. The molecule has 0 unspecified atom stereocenters. The lowest BCUT2D eigenvalue weighted by atomic mass is 9.43. The van der Waals surface area contributed by atoms with Crippen molar-refractivity contribution >= 4 is 0 Å². The van der Waals surface area contributed by atoms with Crippen molar-refractivity contribution in [2.24, 2.45) is 52.3 Å². The molecule has 0 aromatic rings. The summed E-state index contributed by atoms with van der Waals surface area (Å²) in [6.45, 7) is 15.8. The van der Waals surface area contributed by atoms with E-state index >= 15 is 0 Å². The van der Waals surface area contributed by atoms with Gasteiger partial charge in [0.25, 0.3) is 0 Å². The molecule has 1 spiro atoms. The van der Waals surface area contributed by atoms with Crippen molar-refractivity contribution in [3.05, 3.63) is 0 Å². The Morgan fingerprint density at radius 2 is 1.55 bits per heavy atom. The molecular formula is C30H52O3. The Bertz CT molecular complexity index is 709. The maximum Gasteiger partial charge on any atom is 0.197 e. The molecule has 0 aromatic carbocycles. The number of hydrogen-bond donors (Lipinski definition) is 1. The fraction of sp³-hybridized carbons (Fsp3) is 1.00. The molecule has 4 aliphatic carbocycles. The van der Waals surface area contributed by atoms with Crippen LogP contribution in [-0.4, -0.2) is 29.7 Å². The van der Waals surface area contributed by atoms with Crippen molar-refractivity contribution in [1.82, 2.24) is 0 Å². The van der Waals surface area contributed by atoms with Gasteiger partial charge in [0.05, 0.1) is 13.2 Å². The van der Waals surface area contributed by atoms with Gasteiger partial charge in [0, 0.05) is 6.42 Å². The SMILES string of the molecule is CC(C)CCC[C@@H](C)[C@H]1CC[C@H]2[C@@H]3CC[C@H]4C[C@@](C)(O)C5(C[C@]4(C)[C@H]3CC[C@]12C)OCCO5. The molecule has 1 heterocycles. The van der Waals surface area contributed by atoms with Crippen LogP contribution in [-0.2, 0) is 9.47 Å². The van der Waals surface area contributed by atoms with Gasteiger partial charge in [-0.15, -0.1) is 0 Å². The van der Waals surface area contributed by atoms with E-state index < -0.39 is 11.4 Å². The second-order valence-corrected chi connectivity index (χ2v) is 14.3. The van der Waals surface area contributed by atoms with Crippen LogP contribution in [0.1, 0.15) is 112 Å². The topological polar surface area (TPSA) is 38.7 Å². The second kappa shape index (κ2) is 8.48. The van der Waals surface area contributed by atoms with Crippen LogP contribution < -0.4 is 0 Å². The quantitative estimate of drug-likeness (QED) is 0.471. The summed E-state index contributed by atoms with van der Waals surface area (Å²) in [7, 11) is 0. The molecule has 0 aromatic heterocycles. The molecule has 5 rings (SSSR count). The van der Waals surface area contributed by atoms with Gasteiger partial charge in [0.2, 0.25) is 0 Å². The largest absolute Gasteiger partial charge is 0.385 e. The minimum atomic E-state index is -0.867. The van der Waals surface area contributed by atoms with Crippen LogP contribution in [0.25, 0.3) is 0 Å². The summed E-state index contributed by atoms with van der Waals surface area (Å²) in [4.78, 5) is 0. The molecule has 5 aliphatic rings. The number of hydrogen-bond acceptors (Lipinski definition) is 3. The Morgan fingerprint density at radius 3 is 2.24 bits per heavy atom. The van der Waals surface area contributed by atoms with Crippen molar-refractivity contribution in [3.63, 3.8) is 0 Å². The van der Waals surface area contributed by atoms with Crippen LogP contribution in [0.3, 0.4) is 0 Å². The summed E-state index contributed by atoms with van der Waals surface area (Å²) < 4.78 is 12.5. The van der Waals surface area contributed by atoms with E-state index in [1.807, 2.05) is 6.92 Å². The van der Waals surface area contributed by atoms with Crippen LogP contribution >= 0.6 is 0 Å². The van der Waals surface area contributed by atoms with Gasteiger partial charge in [-0.2, -0.15) is 0 Å². The van der Waals surface area contributed by atoms with Crippen LogP contribution in [0.4, 0.5) is 0 Å². The van der Waals surface area contributed by atoms with E-state index in [9.17, 15) is 5.11 Å². The lowest BCUT2D eigenvalue weighted by molar-refractivity contribution is -0.321. The number of ether oxygens (including phenoxy) is 2. The first-order valence-corrected chi connectivity index (χ1v) is 14.5. The molecule has 3 heteroatoms. The third kappa shape index (κ3) is 3.77. The third-order valence-corrected chi connectivity index (χ3v) is 12.1. The van der Waals surface area contributed by atoms with E-state index in [0.717, 1.165) is 48.3 Å². The summed E-state index contributed by atoms with van der Waals surface area (Å²) in [6, 6.07) is 0. The minimum Gasteiger partial charge on any atom is -0.385 e. The molecule has 1 saturated heterocycles. The Balaban J connectivity index is 1.34. The van der Waals surface area contributed by atoms with E-state index in [1.54, 1.807) is 0 Å². The standard InChI is InChI=1S/C30H52O3/c1-20(2)8-7-9-21(3)24-12-13-25-23-11-10-22-18-29(6,31)30(32-16-17-33-30)19-28(22,5)26(23)14-15-27(24,25)4/h20-26,31H,7-19H2,1-6H3/t21-,22+,23+,24-,25+,26+,27-,28+,29-/m1/s1. The van der Waals surface area contributed by atoms with Gasteiger partial charge < -0.3 is 14.6 Å². The maximum atomic E-state index is 11.4. The maximum absolute atomic E-state index is 11.4. The van der Waals surface area contributed by atoms with Crippen molar-refractivity contribution in [2.75, 3.05) is 13.2 Å². The third-order valence-electron chi connectivity index (χ3n) is 12.1. The van der Waals surface area contributed by atoms with E-state index in [4.69, 9.17) is 9.47 Å². The van der Waals surface area contributed by atoms with Crippen LogP contribution in [0.15, 0.2) is 0 Å². The lowest BCUT2D eigenvalue weighted by Gasteiger charge is -2.64. The highest BCUT2D eigenvalue weighted by atomic mass is 16.7. The zero-order chi connectivity index (χ0) is 23.6. The molecule has 0 bridgehead atoms. The summed E-state index contributed by atoms with van der Waals surface area (Å²) in [5, 5.41) is 11.4. The first-order chi connectivity index (χ1) is 15.5. The first-order valence-electron chi connectivity index (χ1n) is 14.5. The Hall–Kier alpha value is -0.120. The van der Waals surface area contributed by atoms with E-state index in [2.05, 4.69) is 34.6 Å². The van der Waals surface area contributed by atoms with Gasteiger partial charge in [0.15, 0.2) is 5.79 Å². The molecule has 0 radical (unpaired) electrons. The van der Waals surface area contributed by atoms with Crippen molar-refractivity contribution < 1.29 is 14.6 Å². The molecular weight excluding hydrogens is 408 g/mol. The van der Waals surface area contributed by atoms with Gasteiger partial charge in [-0.25, -0.2) is 0 Å². The number of aliphatic hydroxyl groups is 1. The number of rotatable bonds is 5. The molecule has 3 nitrogen and oxygen atoms in total. The predicted octanol–water partition coefficient (Wildman–Crippen LogP) is 7.21. The van der Waals surface area contributed by atoms with Crippen molar-refractivity contribution in [1.29, 1.82) is 0 Å². The summed E-state index contributed by atoms with van der Waals surface area (Å²) >= 11 is 0. The molecule has 1 aliphatic heterocycles. The summed E-state index contributed by atoms with van der Waals surface area (Å²) in [6.07, 6.45) is 14.3. The molecule has 1 N–H and O–H groups in total. The van der Waals surface area contributed by atoms with Crippen molar-refractivity contribution in [2.45, 2.75) is 124 Å². The normalized spacial score (nSPS) is 49.6. The highest BCUT2D eigenvalue weighted by Gasteiger charge is 2.67. The van der Waals surface area contributed by atoms with Gasteiger partial charge in [-0.1, -0.05) is 53.9 Å². The van der Waals surface area contributed by atoms with Gasteiger partial charge in [-0.05, 0) is 104 Å². The van der Waals surface area contributed by atoms with E-state index in [-0.39, 0.29) is 5.41 Å². The van der Waals surface area contributed by atoms with E-state index in [1.165, 1.54) is 57.8 Å². The Morgan fingerprint density at radius 1 is 0.848 bits per heavy atom. The Kier molecular flexibility index (Phi) is 6.31. The Labute approximate surface area is 203 Å². The van der Waals surface area contributed by atoms with Crippen LogP contribution in [0, 0.1) is 52.3 Å². The number of fused-ring (bicyclic) bond motifs is 5. The van der Waals surface area contributed by atoms with Gasteiger partial charge in [0.1, 0.15) is 5.60 Å². The van der Waals surface area contributed by atoms with E-state index in [0.29, 0.717) is 24.5 Å². The lowest BCUT2D eigenvalue weighted by Crippen LogP contribution is -2.65. The fourth-order valence-corrected chi connectivity index (χ4v) is 10.4. The first kappa shape index (κ1) is 24.6. The molecule has 5 fully saturated rings. The van der Waals surface area contributed by atoms with Crippen LogP contribution in [0.5, 0.6) is 0 Å². The molecule has 0 amide bonds. The van der Waals surface area contributed by atoms with Gasteiger partial charge in [-0.3, -0.25) is 0 Å². The van der Waals surface area contributed by atoms with Crippen LogP contribution in [0.2, 0.25) is 0 Å². The highest BCUT2D eigenvalue weighted by Crippen LogP contribution is 2.70. The summed E-state index contributed by atoms with van der Waals surface area (Å²) in [5.41, 5.74) is -0.0921. The fourth-order valence-electron chi connectivity index (χ4n) is 10.4. The molecule has 4 saturated carbocycles. The van der Waals surface area contributed by atoms with Gasteiger partial charge >= 0.3 is 0 Å². The second-order valence-electron chi connectivity index (χ2n) is 14.3.